The van der Waals surface area contributed by atoms with Crippen molar-refractivity contribution in [3.63, 3.8) is 0 Å². The highest BCUT2D eigenvalue weighted by atomic mass is 127. The minimum Gasteiger partial charge on any atom is -0.497 e. The molecule has 1 saturated heterocycles. The number of nitrogens with zero attached hydrogens (tertiary/aromatic N) is 4. The summed E-state index contributed by atoms with van der Waals surface area (Å²) in [5.74, 6) is 2.96. The minimum absolute atomic E-state index is 0. The number of hydrogen-bond donors (Lipinski definition) is 2. The Morgan fingerprint density at radius 1 is 1.25 bits per heavy atom. The zero-order chi connectivity index (χ0) is 22.1. The lowest BCUT2D eigenvalue weighted by atomic mass is 10.2. The number of benzene rings is 1. The monoisotopic (exact) mass is 556 g/mol. The van der Waals surface area contributed by atoms with Crippen molar-refractivity contribution in [1.82, 2.24) is 25.3 Å². The van der Waals surface area contributed by atoms with Gasteiger partial charge in [-0.2, -0.15) is 5.10 Å². The van der Waals surface area contributed by atoms with E-state index in [2.05, 4.69) is 46.6 Å². The fraction of sp³-hybridized carbons (Fsp3) is 0.565. The number of methoxy groups -OCH3 is 2. The van der Waals surface area contributed by atoms with Crippen molar-refractivity contribution in [3.05, 3.63) is 42.2 Å². The number of halogens is 1. The topological polar surface area (TPSA) is 75.9 Å². The second kappa shape index (κ2) is 13.5. The van der Waals surface area contributed by atoms with Gasteiger partial charge in [0.1, 0.15) is 11.5 Å². The molecule has 0 amide bonds. The summed E-state index contributed by atoms with van der Waals surface area (Å²) in [5, 5.41) is 11.3. The summed E-state index contributed by atoms with van der Waals surface area (Å²) in [6.45, 7) is 9.68. The summed E-state index contributed by atoms with van der Waals surface area (Å²) in [4.78, 5) is 7.27. The van der Waals surface area contributed by atoms with Crippen LogP contribution in [0.4, 0.5) is 0 Å². The highest BCUT2D eigenvalue weighted by Crippen LogP contribution is 2.24. The van der Waals surface area contributed by atoms with Gasteiger partial charge in [-0.1, -0.05) is 6.92 Å². The van der Waals surface area contributed by atoms with E-state index in [9.17, 15) is 0 Å². The van der Waals surface area contributed by atoms with Gasteiger partial charge in [-0.25, -0.2) is 0 Å². The Labute approximate surface area is 208 Å². The first-order chi connectivity index (χ1) is 15.1. The summed E-state index contributed by atoms with van der Waals surface area (Å²) < 4.78 is 12.8. The summed E-state index contributed by atoms with van der Waals surface area (Å²) in [6.07, 6.45) is 4.90. The van der Waals surface area contributed by atoms with Crippen LogP contribution in [0, 0.1) is 5.92 Å². The lowest BCUT2D eigenvalue weighted by molar-refractivity contribution is 0.321. The normalized spacial score (nSPS) is 17.5. The molecule has 2 heterocycles. The predicted octanol–water partition coefficient (Wildman–Crippen LogP) is 2.98. The Kier molecular flexibility index (Phi) is 11.1. The third-order valence-electron chi connectivity index (χ3n) is 5.39. The van der Waals surface area contributed by atoms with E-state index in [1.807, 2.05) is 29.2 Å². The summed E-state index contributed by atoms with van der Waals surface area (Å²) in [5.41, 5.74) is 1.20. The van der Waals surface area contributed by atoms with Crippen LogP contribution in [0.1, 0.15) is 25.8 Å². The van der Waals surface area contributed by atoms with E-state index in [-0.39, 0.29) is 24.0 Å². The van der Waals surface area contributed by atoms with Gasteiger partial charge in [0.05, 0.1) is 14.2 Å². The summed E-state index contributed by atoms with van der Waals surface area (Å²) >= 11 is 0. The molecule has 0 saturated carbocycles. The molecule has 1 aromatic heterocycles. The molecule has 32 heavy (non-hydrogen) atoms. The first-order valence-electron chi connectivity index (χ1n) is 11.1. The maximum Gasteiger partial charge on any atom is 0.191 e. The fourth-order valence-corrected chi connectivity index (χ4v) is 3.86. The first kappa shape index (κ1) is 26.2. The van der Waals surface area contributed by atoms with Gasteiger partial charge in [0, 0.05) is 63.8 Å². The van der Waals surface area contributed by atoms with Crippen LogP contribution in [0.3, 0.4) is 0 Å². The maximum absolute atomic E-state index is 5.40. The van der Waals surface area contributed by atoms with E-state index in [0.29, 0.717) is 12.0 Å². The van der Waals surface area contributed by atoms with Gasteiger partial charge in [0.15, 0.2) is 5.96 Å². The van der Waals surface area contributed by atoms with Crippen LogP contribution < -0.4 is 20.1 Å². The average molecular weight is 556 g/mol. The second-order valence-corrected chi connectivity index (χ2v) is 8.14. The molecular formula is C23H37IN6O2. The van der Waals surface area contributed by atoms with Crippen LogP contribution in [-0.2, 0) is 13.1 Å². The Morgan fingerprint density at radius 3 is 2.62 bits per heavy atom. The van der Waals surface area contributed by atoms with Crippen LogP contribution >= 0.6 is 24.0 Å². The van der Waals surface area contributed by atoms with E-state index in [1.165, 1.54) is 5.56 Å². The van der Waals surface area contributed by atoms with E-state index in [4.69, 9.17) is 14.5 Å². The Balaban J connectivity index is 0.00000363. The number of likely N-dealkylation sites (tertiary alicyclic amines) is 1. The number of nitrogens with one attached hydrogen (secondary N) is 2. The number of aromatic nitrogens is 2. The van der Waals surface area contributed by atoms with Gasteiger partial charge >= 0.3 is 0 Å². The standard InChI is InChI=1S/C23H36N6O2.HI/c1-5-24-23(25-14-18(2)15-29-9-6-8-26-29)27-20-7-10-28(17-20)16-19-11-21(30-3)13-22(12-19)31-4;/h6,8-9,11-13,18,20H,5,7,10,14-17H2,1-4H3,(H2,24,25,27);1H. The lowest BCUT2D eigenvalue weighted by Gasteiger charge is -2.20. The molecule has 0 spiro atoms. The van der Waals surface area contributed by atoms with E-state index in [1.54, 1.807) is 14.2 Å². The van der Waals surface area contributed by atoms with Crippen molar-refractivity contribution in [2.45, 2.75) is 39.4 Å². The van der Waals surface area contributed by atoms with Crippen molar-refractivity contribution in [2.75, 3.05) is 40.4 Å². The van der Waals surface area contributed by atoms with E-state index >= 15 is 0 Å². The van der Waals surface area contributed by atoms with Gasteiger partial charge in [0.2, 0.25) is 0 Å². The van der Waals surface area contributed by atoms with Crippen LogP contribution in [0.15, 0.2) is 41.7 Å². The molecule has 0 aliphatic carbocycles. The third-order valence-corrected chi connectivity index (χ3v) is 5.39. The second-order valence-electron chi connectivity index (χ2n) is 8.14. The molecule has 0 bridgehead atoms. The maximum atomic E-state index is 5.40. The Morgan fingerprint density at radius 2 is 2.00 bits per heavy atom. The zero-order valence-electron chi connectivity index (χ0n) is 19.6. The molecule has 178 valence electrons. The predicted molar refractivity (Wildman–Crippen MR) is 139 cm³/mol. The van der Waals surface area contributed by atoms with E-state index in [0.717, 1.165) is 63.1 Å². The molecule has 9 heteroatoms. The van der Waals surface area contributed by atoms with Crippen molar-refractivity contribution in [1.29, 1.82) is 0 Å². The van der Waals surface area contributed by atoms with Crippen molar-refractivity contribution < 1.29 is 9.47 Å². The Hall–Kier alpha value is -2.01. The van der Waals surface area contributed by atoms with E-state index < -0.39 is 0 Å². The van der Waals surface area contributed by atoms with Crippen LogP contribution in [0.5, 0.6) is 11.5 Å². The molecule has 1 aliphatic rings. The number of rotatable bonds is 10. The van der Waals surface area contributed by atoms with Crippen molar-refractivity contribution in [3.8, 4) is 11.5 Å². The Bertz CT molecular complexity index is 808. The molecule has 3 rings (SSSR count). The smallest absolute Gasteiger partial charge is 0.191 e. The molecule has 8 nitrogen and oxygen atoms in total. The number of ether oxygens (including phenoxy) is 2. The molecule has 2 unspecified atom stereocenters. The highest BCUT2D eigenvalue weighted by Gasteiger charge is 2.23. The molecule has 2 aromatic rings. The number of aliphatic imine (C=N–C) groups is 1. The number of hydrogen-bond acceptors (Lipinski definition) is 5. The van der Waals surface area contributed by atoms with Gasteiger partial charge in [-0.3, -0.25) is 14.6 Å². The molecule has 2 N–H and O–H groups in total. The molecule has 1 aliphatic heterocycles. The fourth-order valence-electron chi connectivity index (χ4n) is 3.86. The van der Waals surface area contributed by atoms with Crippen LogP contribution in [0.25, 0.3) is 0 Å². The molecule has 1 aromatic carbocycles. The highest BCUT2D eigenvalue weighted by molar-refractivity contribution is 14.0. The van der Waals surface area contributed by atoms with Gasteiger partial charge < -0.3 is 20.1 Å². The molecular weight excluding hydrogens is 519 g/mol. The number of guanidine groups is 1. The van der Waals surface area contributed by atoms with Crippen molar-refractivity contribution in [2.24, 2.45) is 10.9 Å². The quantitative estimate of drug-likeness (QED) is 0.266. The zero-order valence-corrected chi connectivity index (χ0v) is 21.9. The van der Waals surface area contributed by atoms with Gasteiger partial charge in [-0.05, 0) is 43.0 Å². The van der Waals surface area contributed by atoms with Gasteiger partial charge in [0.25, 0.3) is 0 Å². The van der Waals surface area contributed by atoms with Crippen LogP contribution in [-0.4, -0.2) is 67.1 Å². The first-order valence-corrected chi connectivity index (χ1v) is 11.1. The molecule has 1 fully saturated rings. The minimum atomic E-state index is 0. The average Bonchev–Trinajstić information content (AvgIpc) is 3.44. The molecule has 2 atom stereocenters. The van der Waals surface area contributed by atoms with Gasteiger partial charge in [-0.15, -0.1) is 24.0 Å². The largest absolute Gasteiger partial charge is 0.497 e. The third kappa shape index (κ3) is 8.16. The van der Waals surface area contributed by atoms with Crippen molar-refractivity contribution >= 4 is 29.9 Å². The molecule has 0 radical (unpaired) electrons. The SMILES string of the molecule is CCNC(=NCC(C)Cn1cccn1)NC1CCN(Cc2cc(OC)cc(OC)c2)C1.I. The lowest BCUT2D eigenvalue weighted by Crippen LogP contribution is -2.44. The van der Waals surface area contributed by atoms with Crippen LogP contribution in [0.2, 0.25) is 0 Å². The summed E-state index contributed by atoms with van der Waals surface area (Å²) in [7, 11) is 3.37. The summed E-state index contributed by atoms with van der Waals surface area (Å²) in [6, 6.07) is 8.40.